The minimum atomic E-state index is -0.221. The number of piperazine rings is 1. The number of rotatable bonds is 2. The van der Waals surface area contributed by atoms with Crippen LogP contribution in [-0.4, -0.2) is 64.2 Å². The van der Waals surface area contributed by atoms with Crippen LogP contribution in [0, 0.1) is 6.92 Å². The van der Waals surface area contributed by atoms with E-state index in [1.54, 1.807) is 22.1 Å². The van der Waals surface area contributed by atoms with Gasteiger partial charge in [-0.05, 0) is 25.0 Å². The number of carbonyl (C=O) groups is 3. The van der Waals surface area contributed by atoms with Crippen molar-refractivity contribution in [1.82, 2.24) is 20.1 Å². The Labute approximate surface area is 134 Å². The molecule has 2 saturated heterocycles. The van der Waals surface area contributed by atoms with Crippen LogP contribution in [0.5, 0.6) is 0 Å². The van der Waals surface area contributed by atoms with Crippen molar-refractivity contribution in [3.8, 4) is 0 Å². The Kier molecular flexibility index (Phi) is 4.02. The molecule has 1 aromatic heterocycles. The second-order valence-corrected chi connectivity index (χ2v) is 6.24. The first kappa shape index (κ1) is 15.5. The Hall–Kier alpha value is -2.44. The van der Waals surface area contributed by atoms with Gasteiger partial charge in [0.1, 0.15) is 12.2 Å². The van der Waals surface area contributed by atoms with E-state index in [-0.39, 0.29) is 36.3 Å². The molecule has 23 heavy (non-hydrogen) atoms. The van der Waals surface area contributed by atoms with E-state index in [0.29, 0.717) is 25.2 Å². The number of nitrogens with zero attached hydrogens (tertiary/aromatic N) is 3. The van der Waals surface area contributed by atoms with Gasteiger partial charge in [0.15, 0.2) is 0 Å². The van der Waals surface area contributed by atoms with Gasteiger partial charge < -0.3 is 15.1 Å². The van der Waals surface area contributed by atoms with Gasteiger partial charge in [-0.15, -0.1) is 0 Å². The molecular weight excluding hydrogens is 296 g/mol. The van der Waals surface area contributed by atoms with Crippen molar-refractivity contribution in [3.63, 3.8) is 0 Å². The molecule has 3 rings (SSSR count). The maximum atomic E-state index is 12.5. The number of nitrogens with one attached hydrogen (secondary N) is 1. The summed E-state index contributed by atoms with van der Waals surface area (Å²) >= 11 is 0. The van der Waals surface area contributed by atoms with Crippen LogP contribution in [0.3, 0.4) is 0 Å². The summed E-state index contributed by atoms with van der Waals surface area (Å²) in [5.74, 6) is -0.394. The quantitative estimate of drug-likeness (QED) is 0.829. The smallest absolute Gasteiger partial charge is 0.272 e. The molecule has 1 N–H and O–H groups in total. The first-order valence-electron chi connectivity index (χ1n) is 7.72. The fourth-order valence-corrected chi connectivity index (χ4v) is 3.27. The van der Waals surface area contributed by atoms with E-state index in [0.717, 1.165) is 5.56 Å². The molecule has 122 valence electrons. The van der Waals surface area contributed by atoms with Crippen LogP contribution in [0.2, 0.25) is 0 Å². The van der Waals surface area contributed by atoms with Crippen molar-refractivity contribution in [2.75, 3.05) is 19.6 Å². The highest BCUT2D eigenvalue weighted by Crippen LogP contribution is 2.24. The Morgan fingerprint density at radius 2 is 2.09 bits per heavy atom. The van der Waals surface area contributed by atoms with Crippen LogP contribution in [0.25, 0.3) is 0 Å². The highest BCUT2D eigenvalue weighted by atomic mass is 16.2. The van der Waals surface area contributed by atoms with Gasteiger partial charge in [0, 0.05) is 32.3 Å². The summed E-state index contributed by atoms with van der Waals surface area (Å²) in [4.78, 5) is 43.5. The van der Waals surface area contributed by atoms with Crippen LogP contribution in [0.4, 0.5) is 0 Å². The lowest BCUT2D eigenvalue weighted by atomic mass is 10.1. The topological polar surface area (TPSA) is 82.6 Å². The van der Waals surface area contributed by atoms with Gasteiger partial charge in [-0.3, -0.25) is 19.4 Å². The van der Waals surface area contributed by atoms with Crippen molar-refractivity contribution in [1.29, 1.82) is 0 Å². The van der Waals surface area contributed by atoms with Crippen LogP contribution in [0.15, 0.2) is 18.3 Å². The zero-order valence-electron chi connectivity index (χ0n) is 13.3. The molecular formula is C16H20N4O3. The molecule has 0 aromatic carbocycles. The normalized spacial score (nSPS) is 23.7. The van der Waals surface area contributed by atoms with Crippen LogP contribution >= 0.6 is 0 Å². The number of hydrogen-bond donors (Lipinski definition) is 1. The Balaban J connectivity index is 1.70. The van der Waals surface area contributed by atoms with Gasteiger partial charge in [0.05, 0.1) is 6.04 Å². The number of carbonyl (C=O) groups excluding carboxylic acids is 3. The average Bonchev–Trinajstić information content (AvgIpc) is 2.89. The van der Waals surface area contributed by atoms with Crippen molar-refractivity contribution in [3.05, 3.63) is 29.6 Å². The molecule has 2 unspecified atom stereocenters. The van der Waals surface area contributed by atoms with Crippen molar-refractivity contribution >= 4 is 17.7 Å². The Bertz CT molecular complexity index is 643. The molecule has 2 fully saturated rings. The van der Waals surface area contributed by atoms with E-state index in [2.05, 4.69) is 10.3 Å². The molecule has 0 radical (unpaired) electrons. The van der Waals surface area contributed by atoms with E-state index in [9.17, 15) is 14.4 Å². The van der Waals surface area contributed by atoms with Crippen LogP contribution in [0.1, 0.15) is 29.4 Å². The van der Waals surface area contributed by atoms with E-state index >= 15 is 0 Å². The standard InChI is InChI=1S/C16H20N4O3/c1-10-3-4-14(17-6-10)16(23)19-8-13-5-12(18-11(2)21)7-20(13)15(22)9-19/h3-4,6,12-13H,5,7-9H2,1-2H3,(H,18,21). The minimum absolute atomic E-state index is 0.0333. The summed E-state index contributed by atoms with van der Waals surface area (Å²) in [6.45, 7) is 4.45. The van der Waals surface area contributed by atoms with Gasteiger partial charge in [-0.25, -0.2) is 0 Å². The predicted octanol–water partition coefficient (Wildman–Crippen LogP) is -0.0486. The molecule has 7 heteroatoms. The lowest BCUT2D eigenvalue weighted by molar-refractivity contribution is -0.136. The third kappa shape index (κ3) is 3.18. The molecule has 7 nitrogen and oxygen atoms in total. The van der Waals surface area contributed by atoms with Crippen molar-refractivity contribution < 1.29 is 14.4 Å². The number of hydrogen-bond acceptors (Lipinski definition) is 4. The highest BCUT2D eigenvalue weighted by Gasteiger charge is 2.41. The summed E-state index contributed by atoms with van der Waals surface area (Å²) < 4.78 is 0. The number of aryl methyl sites for hydroxylation is 1. The van der Waals surface area contributed by atoms with Gasteiger partial charge in [0.25, 0.3) is 5.91 Å². The Morgan fingerprint density at radius 3 is 2.74 bits per heavy atom. The molecule has 2 atom stereocenters. The SMILES string of the molecule is CC(=O)NC1CC2CN(C(=O)c3ccc(C)cn3)CC(=O)N2C1. The zero-order valence-corrected chi connectivity index (χ0v) is 13.3. The van der Waals surface area contributed by atoms with Gasteiger partial charge >= 0.3 is 0 Å². The molecule has 0 spiro atoms. The predicted molar refractivity (Wildman–Crippen MR) is 82.6 cm³/mol. The van der Waals surface area contributed by atoms with E-state index in [4.69, 9.17) is 0 Å². The number of amides is 3. The summed E-state index contributed by atoms with van der Waals surface area (Å²) in [6.07, 6.45) is 2.32. The van der Waals surface area contributed by atoms with E-state index < -0.39 is 0 Å². The lowest BCUT2D eigenvalue weighted by Crippen LogP contribution is -2.55. The highest BCUT2D eigenvalue weighted by molar-refractivity contribution is 5.95. The Morgan fingerprint density at radius 1 is 1.30 bits per heavy atom. The monoisotopic (exact) mass is 316 g/mol. The van der Waals surface area contributed by atoms with E-state index in [1.165, 1.54) is 6.92 Å². The molecule has 2 aliphatic heterocycles. The summed E-state index contributed by atoms with van der Waals surface area (Å²) in [5.41, 5.74) is 1.34. The van der Waals surface area contributed by atoms with Crippen LogP contribution < -0.4 is 5.32 Å². The molecule has 0 aliphatic carbocycles. The fourth-order valence-electron chi connectivity index (χ4n) is 3.27. The average molecular weight is 316 g/mol. The van der Waals surface area contributed by atoms with Gasteiger partial charge in [-0.2, -0.15) is 0 Å². The van der Waals surface area contributed by atoms with Crippen LogP contribution in [-0.2, 0) is 9.59 Å². The van der Waals surface area contributed by atoms with Crippen molar-refractivity contribution in [2.24, 2.45) is 0 Å². The van der Waals surface area contributed by atoms with Gasteiger partial charge in [0.2, 0.25) is 11.8 Å². The molecule has 3 heterocycles. The molecule has 2 aliphatic rings. The fraction of sp³-hybridized carbons (Fsp3) is 0.500. The lowest BCUT2D eigenvalue weighted by Gasteiger charge is -2.36. The first-order valence-corrected chi connectivity index (χ1v) is 7.72. The first-order chi connectivity index (χ1) is 10.9. The summed E-state index contributed by atoms with van der Waals surface area (Å²) in [6, 6.07) is 3.45. The van der Waals surface area contributed by atoms with E-state index in [1.807, 2.05) is 13.0 Å². The number of fused-ring (bicyclic) bond motifs is 1. The largest absolute Gasteiger partial charge is 0.352 e. The molecule has 3 amide bonds. The number of pyridine rings is 1. The maximum absolute atomic E-state index is 12.5. The third-order valence-corrected chi connectivity index (χ3v) is 4.32. The van der Waals surface area contributed by atoms with Crippen molar-refractivity contribution in [2.45, 2.75) is 32.4 Å². The third-order valence-electron chi connectivity index (χ3n) is 4.32. The van der Waals surface area contributed by atoms with Gasteiger partial charge in [-0.1, -0.05) is 6.07 Å². The molecule has 1 aromatic rings. The number of aromatic nitrogens is 1. The second-order valence-electron chi connectivity index (χ2n) is 6.24. The molecule has 0 saturated carbocycles. The second kappa shape index (κ2) is 5.98. The maximum Gasteiger partial charge on any atom is 0.272 e. The summed E-state index contributed by atoms with van der Waals surface area (Å²) in [5, 5.41) is 2.85. The molecule has 0 bridgehead atoms. The zero-order chi connectivity index (χ0) is 16.6. The minimum Gasteiger partial charge on any atom is -0.352 e. The summed E-state index contributed by atoms with van der Waals surface area (Å²) in [7, 11) is 0.